The van der Waals surface area contributed by atoms with Crippen LogP contribution in [-0.4, -0.2) is 40.2 Å². The summed E-state index contributed by atoms with van der Waals surface area (Å²) in [6.45, 7) is 0.657. The van der Waals surface area contributed by atoms with Gasteiger partial charge in [0.2, 0.25) is 0 Å². The first-order valence-corrected chi connectivity index (χ1v) is 6.10. The van der Waals surface area contributed by atoms with Gasteiger partial charge in [0, 0.05) is 26.3 Å². The second kappa shape index (κ2) is 4.87. The molecule has 1 aromatic heterocycles. The smallest absolute Gasteiger partial charge is 0.274 e. The van der Waals surface area contributed by atoms with E-state index in [0.717, 1.165) is 19.3 Å². The number of aromatic nitrogens is 2. The summed E-state index contributed by atoms with van der Waals surface area (Å²) in [5, 5.41) is 4.15. The SMILES string of the molecule is CN(C(=O)c1ccn(C)n1)C1CCCC1CN. The number of carbonyl (C=O) groups is 1. The molecule has 17 heavy (non-hydrogen) atoms. The van der Waals surface area contributed by atoms with E-state index in [2.05, 4.69) is 5.10 Å². The minimum atomic E-state index is -0.00375. The number of hydrogen-bond donors (Lipinski definition) is 1. The van der Waals surface area contributed by atoms with Crippen LogP contribution in [0.15, 0.2) is 12.3 Å². The van der Waals surface area contributed by atoms with E-state index in [1.165, 1.54) is 0 Å². The molecule has 2 rings (SSSR count). The summed E-state index contributed by atoms with van der Waals surface area (Å²) in [5.41, 5.74) is 6.26. The van der Waals surface area contributed by atoms with Gasteiger partial charge in [0.05, 0.1) is 0 Å². The molecular weight excluding hydrogens is 216 g/mol. The molecular formula is C12H20N4O. The van der Waals surface area contributed by atoms with E-state index in [1.54, 1.807) is 16.9 Å². The van der Waals surface area contributed by atoms with E-state index in [-0.39, 0.29) is 11.9 Å². The van der Waals surface area contributed by atoms with Crippen LogP contribution >= 0.6 is 0 Å². The third-order valence-electron chi connectivity index (χ3n) is 3.67. The summed E-state index contributed by atoms with van der Waals surface area (Å²) in [7, 11) is 3.67. The fourth-order valence-corrected chi connectivity index (χ4v) is 2.66. The van der Waals surface area contributed by atoms with E-state index in [1.807, 2.05) is 19.0 Å². The molecule has 1 aliphatic rings. The molecule has 2 unspecified atom stereocenters. The van der Waals surface area contributed by atoms with Gasteiger partial charge in [0.25, 0.3) is 5.91 Å². The molecule has 1 amide bonds. The van der Waals surface area contributed by atoms with Crippen LogP contribution in [0.3, 0.4) is 0 Å². The van der Waals surface area contributed by atoms with Crippen molar-refractivity contribution in [3.05, 3.63) is 18.0 Å². The lowest BCUT2D eigenvalue weighted by molar-refractivity contribution is 0.0693. The van der Waals surface area contributed by atoms with Crippen LogP contribution in [0.25, 0.3) is 0 Å². The second-order valence-electron chi connectivity index (χ2n) is 4.78. The van der Waals surface area contributed by atoms with Gasteiger partial charge >= 0.3 is 0 Å². The molecule has 1 heterocycles. The number of rotatable bonds is 3. The average Bonchev–Trinajstić information content (AvgIpc) is 2.95. The Bertz CT molecular complexity index is 401. The molecule has 1 aliphatic carbocycles. The summed E-state index contributed by atoms with van der Waals surface area (Å²) in [6, 6.07) is 2.03. The second-order valence-corrected chi connectivity index (χ2v) is 4.78. The zero-order valence-electron chi connectivity index (χ0n) is 10.5. The van der Waals surface area contributed by atoms with E-state index < -0.39 is 0 Å². The third kappa shape index (κ3) is 2.34. The lowest BCUT2D eigenvalue weighted by Crippen LogP contribution is -2.41. The predicted octanol–water partition coefficient (Wildman–Crippen LogP) is 0.620. The Balaban J connectivity index is 2.09. The maximum Gasteiger partial charge on any atom is 0.274 e. The molecule has 0 aromatic carbocycles. The van der Waals surface area contributed by atoms with E-state index in [0.29, 0.717) is 18.2 Å². The first kappa shape index (κ1) is 12.1. The van der Waals surface area contributed by atoms with Gasteiger partial charge in [-0.2, -0.15) is 5.10 Å². The van der Waals surface area contributed by atoms with Crippen LogP contribution in [-0.2, 0) is 7.05 Å². The van der Waals surface area contributed by atoms with Crippen molar-refractivity contribution in [1.29, 1.82) is 0 Å². The highest BCUT2D eigenvalue weighted by molar-refractivity contribution is 5.92. The lowest BCUT2D eigenvalue weighted by Gasteiger charge is -2.28. The maximum absolute atomic E-state index is 12.2. The van der Waals surface area contributed by atoms with Crippen LogP contribution in [0.4, 0.5) is 0 Å². The van der Waals surface area contributed by atoms with Gasteiger partial charge in [-0.05, 0) is 31.4 Å². The van der Waals surface area contributed by atoms with Crippen molar-refractivity contribution in [3.8, 4) is 0 Å². The van der Waals surface area contributed by atoms with Crippen LogP contribution in [0.5, 0.6) is 0 Å². The zero-order chi connectivity index (χ0) is 12.4. The number of nitrogens with two attached hydrogens (primary N) is 1. The quantitative estimate of drug-likeness (QED) is 0.836. The van der Waals surface area contributed by atoms with Gasteiger partial charge in [-0.1, -0.05) is 6.42 Å². The Kier molecular flexibility index (Phi) is 3.47. The third-order valence-corrected chi connectivity index (χ3v) is 3.67. The number of nitrogens with zero attached hydrogens (tertiary/aromatic N) is 3. The molecule has 1 fully saturated rings. The number of hydrogen-bond acceptors (Lipinski definition) is 3. The van der Waals surface area contributed by atoms with Crippen LogP contribution in [0.2, 0.25) is 0 Å². The highest BCUT2D eigenvalue weighted by atomic mass is 16.2. The Morgan fingerprint density at radius 1 is 1.65 bits per heavy atom. The van der Waals surface area contributed by atoms with Gasteiger partial charge in [-0.3, -0.25) is 9.48 Å². The number of carbonyl (C=O) groups excluding carboxylic acids is 1. The molecule has 5 heteroatoms. The average molecular weight is 236 g/mol. The zero-order valence-corrected chi connectivity index (χ0v) is 10.5. The van der Waals surface area contributed by atoms with Gasteiger partial charge in [-0.25, -0.2) is 0 Å². The Morgan fingerprint density at radius 2 is 2.41 bits per heavy atom. The maximum atomic E-state index is 12.2. The van der Waals surface area contributed by atoms with Crippen molar-refractivity contribution in [1.82, 2.24) is 14.7 Å². The summed E-state index contributed by atoms with van der Waals surface area (Å²) in [4.78, 5) is 14.0. The predicted molar refractivity (Wildman–Crippen MR) is 65.5 cm³/mol. The molecule has 0 spiro atoms. The van der Waals surface area contributed by atoms with Crippen molar-refractivity contribution >= 4 is 5.91 Å². The van der Waals surface area contributed by atoms with Crippen LogP contribution < -0.4 is 5.73 Å². The highest BCUT2D eigenvalue weighted by Gasteiger charge is 2.32. The normalized spacial score (nSPS) is 23.9. The van der Waals surface area contributed by atoms with Crippen molar-refractivity contribution in [3.63, 3.8) is 0 Å². The molecule has 1 saturated carbocycles. The van der Waals surface area contributed by atoms with Gasteiger partial charge in [0.1, 0.15) is 5.69 Å². The van der Waals surface area contributed by atoms with Crippen molar-refractivity contribution in [2.24, 2.45) is 18.7 Å². The van der Waals surface area contributed by atoms with Crippen molar-refractivity contribution in [2.75, 3.05) is 13.6 Å². The topological polar surface area (TPSA) is 64.2 Å². The minimum Gasteiger partial charge on any atom is -0.337 e. The van der Waals surface area contributed by atoms with Gasteiger partial charge < -0.3 is 10.6 Å². The lowest BCUT2D eigenvalue weighted by atomic mass is 10.0. The fraction of sp³-hybridized carbons (Fsp3) is 0.667. The molecule has 94 valence electrons. The molecule has 1 aromatic rings. The summed E-state index contributed by atoms with van der Waals surface area (Å²) < 4.78 is 1.65. The summed E-state index contributed by atoms with van der Waals surface area (Å²) in [5.74, 6) is 0.434. The van der Waals surface area contributed by atoms with Crippen molar-refractivity contribution in [2.45, 2.75) is 25.3 Å². The Hall–Kier alpha value is -1.36. The van der Waals surface area contributed by atoms with Gasteiger partial charge in [0.15, 0.2) is 0 Å². The van der Waals surface area contributed by atoms with Crippen molar-refractivity contribution < 1.29 is 4.79 Å². The summed E-state index contributed by atoms with van der Waals surface area (Å²) >= 11 is 0. The molecule has 0 saturated heterocycles. The molecule has 0 aliphatic heterocycles. The first-order valence-electron chi connectivity index (χ1n) is 6.10. The molecule has 0 radical (unpaired) electrons. The standard InChI is InChI=1S/C12H20N4O/c1-15-7-6-10(14-15)12(17)16(2)11-5-3-4-9(11)8-13/h6-7,9,11H,3-5,8,13H2,1-2H3. The molecule has 2 atom stereocenters. The number of aryl methyl sites for hydroxylation is 1. The first-order chi connectivity index (χ1) is 8.13. The molecule has 2 N–H and O–H groups in total. The monoisotopic (exact) mass is 236 g/mol. The van der Waals surface area contributed by atoms with Crippen LogP contribution in [0, 0.1) is 5.92 Å². The summed E-state index contributed by atoms with van der Waals surface area (Å²) in [6.07, 6.45) is 5.13. The largest absolute Gasteiger partial charge is 0.337 e. The Morgan fingerprint density at radius 3 is 3.00 bits per heavy atom. The molecule has 0 bridgehead atoms. The van der Waals surface area contributed by atoms with Crippen LogP contribution in [0.1, 0.15) is 29.8 Å². The number of amides is 1. The Labute approximate surface area is 102 Å². The highest BCUT2D eigenvalue weighted by Crippen LogP contribution is 2.29. The van der Waals surface area contributed by atoms with Gasteiger partial charge in [-0.15, -0.1) is 0 Å². The van der Waals surface area contributed by atoms with E-state index >= 15 is 0 Å². The minimum absolute atomic E-state index is 0.00375. The van der Waals surface area contributed by atoms with E-state index in [9.17, 15) is 4.79 Å². The van der Waals surface area contributed by atoms with E-state index in [4.69, 9.17) is 5.73 Å². The molecule has 5 nitrogen and oxygen atoms in total. The fourth-order valence-electron chi connectivity index (χ4n) is 2.66.